The zero-order valence-electron chi connectivity index (χ0n) is 15.7. The van der Waals surface area contributed by atoms with Crippen LogP contribution in [0.4, 0.5) is 0 Å². The molecule has 28 heavy (non-hydrogen) atoms. The maximum atomic E-state index is 12.2. The zero-order valence-corrected chi connectivity index (χ0v) is 17.3. The van der Waals surface area contributed by atoms with Crippen molar-refractivity contribution in [3.63, 3.8) is 0 Å². The van der Waals surface area contributed by atoms with Gasteiger partial charge in [-0.3, -0.25) is 9.59 Å². The molecule has 2 heterocycles. The number of carbonyl (C=O) groups excluding carboxylic acids is 2. The van der Waals surface area contributed by atoms with Crippen molar-refractivity contribution in [3.05, 3.63) is 53.2 Å². The predicted molar refractivity (Wildman–Crippen MR) is 111 cm³/mol. The molecule has 1 aromatic carbocycles. The van der Waals surface area contributed by atoms with E-state index in [1.807, 2.05) is 49.6 Å². The van der Waals surface area contributed by atoms with Crippen molar-refractivity contribution in [2.75, 3.05) is 12.4 Å². The van der Waals surface area contributed by atoms with Crippen LogP contribution < -0.4 is 5.32 Å². The highest BCUT2D eigenvalue weighted by Gasteiger charge is 2.15. The third-order valence-electron chi connectivity index (χ3n) is 4.14. The summed E-state index contributed by atoms with van der Waals surface area (Å²) >= 11 is 2.80. The molecule has 0 spiro atoms. The molecule has 8 heteroatoms. The van der Waals surface area contributed by atoms with E-state index in [4.69, 9.17) is 4.74 Å². The molecular weight excluding hydrogens is 394 g/mol. The highest BCUT2D eigenvalue weighted by atomic mass is 32.2. The fourth-order valence-electron chi connectivity index (χ4n) is 2.65. The first-order chi connectivity index (χ1) is 13.6. The molecule has 0 unspecified atom stereocenters. The summed E-state index contributed by atoms with van der Waals surface area (Å²) in [6.07, 6.45) is 2.23. The molecule has 1 amide bonds. The standard InChI is InChI=1S/C20H21N3O3S2/c1-3-16(14-6-4-13(2)5-7-14)23-17(24)10-26-18(25)11-28-20-15-8-9-27-19(15)21-12-22-20/h4-9,12,16H,3,10-11H2,1-2H3,(H,23,24)/t16-/m1/s1. The number of aromatic nitrogens is 2. The topological polar surface area (TPSA) is 81.2 Å². The lowest BCUT2D eigenvalue weighted by molar-refractivity contribution is -0.146. The van der Waals surface area contributed by atoms with Gasteiger partial charge in [0.1, 0.15) is 16.2 Å². The van der Waals surface area contributed by atoms with E-state index in [9.17, 15) is 9.59 Å². The Labute approximate surface area is 171 Å². The lowest BCUT2D eigenvalue weighted by atomic mass is 10.0. The van der Waals surface area contributed by atoms with Gasteiger partial charge in [-0.05, 0) is 30.4 Å². The van der Waals surface area contributed by atoms with Crippen molar-refractivity contribution in [2.24, 2.45) is 0 Å². The van der Waals surface area contributed by atoms with Crippen LogP contribution in [0.25, 0.3) is 10.2 Å². The number of fused-ring (bicyclic) bond motifs is 1. The molecule has 0 fully saturated rings. The maximum Gasteiger partial charge on any atom is 0.316 e. The second-order valence-corrected chi connectivity index (χ2v) is 8.07. The van der Waals surface area contributed by atoms with Crippen LogP contribution in [0.2, 0.25) is 0 Å². The Morgan fingerprint density at radius 3 is 2.75 bits per heavy atom. The van der Waals surface area contributed by atoms with Crippen LogP contribution in [-0.4, -0.2) is 34.2 Å². The van der Waals surface area contributed by atoms with Crippen molar-refractivity contribution >= 4 is 45.2 Å². The SMILES string of the molecule is CC[C@@H](NC(=O)COC(=O)CSc1ncnc2sccc12)c1ccc(C)cc1. The van der Waals surface area contributed by atoms with Gasteiger partial charge in [0.15, 0.2) is 6.61 Å². The summed E-state index contributed by atoms with van der Waals surface area (Å²) in [6.45, 7) is 3.73. The number of nitrogens with zero attached hydrogens (tertiary/aromatic N) is 2. The minimum absolute atomic E-state index is 0.0877. The van der Waals surface area contributed by atoms with Crippen LogP contribution in [0.3, 0.4) is 0 Å². The quantitative estimate of drug-likeness (QED) is 0.341. The number of hydrogen-bond donors (Lipinski definition) is 1. The van der Waals surface area contributed by atoms with Crippen LogP contribution in [0, 0.1) is 6.92 Å². The Balaban J connectivity index is 1.46. The molecule has 0 saturated carbocycles. The average Bonchev–Trinajstić information content (AvgIpc) is 3.19. The van der Waals surface area contributed by atoms with E-state index in [0.29, 0.717) is 0 Å². The number of aryl methyl sites for hydroxylation is 1. The Morgan fingerprint density at radius 1 is 1.21 bits per heavy atom. The van der Waals surface area contributed by atoms with Gasteiger partial charge in [-0.1, -0.05) is 48.5 Å². The Morgan fingerprint density at radius 2 is 2.00 bits per heavy atom. The van der Waals surface area contributed by atoms with E-state index in [-0.39, 0.29) is 24.3 Å². The summed E-state index contributed by atoms with van der Waals surface area (Å²) in [5.41, 5.74) is 2.20. The number of thioether (sulfide) groups is 1. The Bertz CT molecular complexity index is 957. The largest absolute Gasteiger partial charge is 0.455 e. The lowest BCUT2D eigenvalue weighted by Crippen LogP contribution is -2.32. The number of carbonyl (C=O) groups is 2. The minimum Gasteiger partial charge on any atom is -0.455 e. The summed E-state index contributed by atoms with van der Waals surface area (Å²) in [5, 5.41) is 6.50. The normalized spacial score (nSPS) is 11.9. The molecule has 2 aromatic heterocycles. The number of benzene rings is 1. The van der Waals surface area contributed by atoms with Gasteiger partial charge >= 0.3 is 5.97 Å². The van der Waals surface area contributed by atoms with Crippen molar-refractivity contribution in [1.29, 1.82) is 0 Å². The van der Waals surface area contributed by atoms with E-state index >= 15 is 0 Å². The van der Waals surface area contributed by atoms with Gasteiger partial charge in [0.2, 0.25) is 0 Å². The molecule has 0 aliphatic heterocycles. The summed E-state index contributed by atoms with van der Waals surface area (Å²) in [4.78, 5) is 33.4. The average molecular weight is 416 g/mol. The van der Waals surface area contributed by atoms with Crippen molar-refractivity contribution < 1.29 is 14.3 Å². The summed E-state index contributed by atoms with van der Waals surface area (Å²) in [6, 6.07) is 9.85. The number of ether oxygens (including phenoxy) is 1. The minimum atomic E-state index is -0.453. The van der Waals surface area contributed by atoms with Crippen LogP contribution in [0.1, 0.15) is 30.5 Å². The molecule has 0 bridgehead atoms. The monoisotopic (exact) mass is 415 g/mol. The van der Waals surface area contributed by atoms with E-state index in [0.717, 1.165) is 27.2 Å². The number of nitrogens with one attached hydrogen (secondary N) is 1. The van der Waals surface area contributed by atoms with Gasteiger partial charge in [0, 0.05) is 5.39 Å². The highest BCUT2D eigenvalue weighted by Crippen LogP contribution is 2.27. The first-order valence-corrected chi connectivity index (χ1v) is 10.8. The second kappa shape index (κ2) is 9.66. The van der Waals surface area contributed by atoms with E-state index in [1.54, 1.807) is 0 Å². The summed E-state index contributed by atoms with van der Waals surface area (Å²) < 4.78 is 5.11. The predicted octanol–water partition coefficient (Wildman–Crippen LogP) is 3.90. The molecule has 6 nitrogen and oxygen atoms in total. The zero-order chi connectivity index (χ0) is 19.9. The molecule has 3 rings (SSSR count). The number of thiophene rings is 1. The van der Waals surface area contributed by atoms with Gasteiger partial charge in [0.05, 0.1) is 11.8 Å². The number of esters is 1. The molecule has 3 aromatic rings. The third kappa shape index (κ3) is 5.30. The summed E-state index contributed by atoms with van der Waals surface area (Å²) in [5.74, 6) is -0.678. The van der Waals surface area contributed by atoms with Crippen molar-refractivity contribution in [1.82, 2.24) is 15.3 Å². The maximum absolute atomic E-state index is 12.2. The van der Waals surface area contributed by atoms with Crippen LogP contribution in [0.15, 0.2) is 47.1 Å². The van der Waals surface area contributed by atoms with Crippen LogP contribution in [0.5, 0.6) is 0 Å². The fourth-order valence-corrected chi connectivity index (χ4v) is 4.23. The van der Waals surface area contributed by atoms with Crippen LogP contribution in [-0.2, 0) is 14.3 Å². The van der Waals surface area contributed by atoms with Crippen molar-refractivity contribution in [3.8, 4) is 0 Å². The number of rotatable bonds is 8. The molecule has 0 saturated heterocycles. The first kappa shape index (κ1) is 20.3. The molecular formula is C20H21N3O3S2. The molecule has 0 radical (unpaired) electrons. The van der Waals surface area contributed by atoms with Gasteiger partial charge in [-0.25, -0.2) is 9.97 Å². The second-order valence-electron chi connectivity index (χ2n) is 6.21. The lowest BCUT2D eigenvalue weighted by Gasteiger charge is -2.17. The Hall–Kier alpha value is -2.45. The van der Waals surface area contributed by atoms with E-state index < -0.39 is 5.97 Å². The number of amides is 1. The van der Waals surface area contributed by atoms with Gasteiger partial charge in [-0.15, -0.1) is 11.3 Å². The third-order valence-corrected chi connectivity index (χ3v) is 5.94. The van der Waals surface area contributed by atoms with E-state index in [2.05, 4.69) is 15.3 Å². The smallest absolute Gasteiger partial charge is 0.316 e. The molecule has 0 aliphatic rings. The fraction of sp³-hybridized carbons (Fsp3) is 0.300. The van der Waals surface area contributed by atoms with Gasteiger partial charge < -0.3 is 10.1 Å². The number of hydrogen-bond acceptors (Lipinski definition) is 7. The van der Waals surface area contributed by atoms with E-state index in [1.165, 1.54) is 35.0 Å². The first-order valence-electron chi connectivity index (χ1n) is 8.89. The van der Waals surface area contributed by atoms with Crippen molar-refractivity contribution in [2.45, 2.75) is 31.3 Å². The van der Waals surface area contributed by atoms with Crippen LogP contribution >= 0.6 is 23.1 Å². The molecule has 0 aliphatic carbocycles. The van der Waals surface area contributed by atoms with Gasteiger partial charge in [0.25, 0.3) is 5.91 Å². The Kier molecular flexibility index (Phi) is 7.00. The summed E-state index contributed by atoms with van der Waals surface area (Å²) in [7, 11) is 0. The molecule has 146 valence electrons. The molecule has 1 atom stereocenters. The van der Waals surface area contributed by atoms with Gasteiger partial charge in [-0.2, -0.15) is 0 Å². The molecule has 1 N–H and O–H groups in total. The highest BCUT2D eigenvalue weighted by molar-refractivity contribution is 8.00.